The summed E-state index contributed by atoms with van der Waals surface area (Å²) in [5.74, 6) is 1.25. The molecule has 0 bridgehead atoms. The number of likely N-dealkylation sites (tertiary alicyclic amines) is 2. The molecule has 23 heavy (non-hydrogen) atoms. The van der Waals surface area contributed by atoms with Crippen molar-refractivity contribution < 1.29 is 9.90 Å². The first-order valence-corrected chi connectivity index (χ1v) is 8.80. The van der Waals surface area contributed by atoms with E-state index in [1.807, 2.05) is 22.7 Å². The average Bonchev–Trinajstić information content (AvgIpc) is 3.02. The van der Waals surface area contributed by atoms with E-state index in [4.69, 9.17) is 0 Å². The maximum absolute atomic E-state index is 12.3. The number of nitrogens with zero attached hydrogens (tertiary/aromatic N) is 4. The molecule has 1 amide bonds. The van der Waals surface area contributed by atoms with Gasteiger partial charge in [-0.15, -0.1) is 0 Å². The van der Waals surface area contributed by atoms with E-state index in [1.165, 1.54) is 6.42 Å². The van der Waals surface area contributed by atoms with Crippen LogP contribution >= 0.6 is 0 Å². The van der Waals surface area contributed by atoms with Crippen LogP contribution in [0.15, 0.2) is 12.4 Å². The van der Waals surface area contributed by atoms with Crippen LogP contribution < -0.4 is 0 Å². The van der Waals surface area contributed by atoms with Crippen LogP contribution in [-0.4, -0.2) is 63.1 Å². The SMILES string of the molecule is Cn1ccnc1C(O)C1CCN(CC(=O)N2CCCCC2)CC1. The van der Waals surface area contributed by atoms with Crippen LogP contribution in [0, 0.1) is 5.92 Å². The van der Waals surface area contributed by atoms with E-state index in [9.17, 15) is 9.90 Å². The van der Waals surface area contributed by atoms with Crippen LogP contribution in [0.1, 0.15) is 44.0 Å². The topological polar surface area (TPSA) is 61.6 Å². The van der Waals surface area contributed by atoms with Gasteiger partial charge in [0.15, 0.2) is 0 Å². The van der Waals surface area contributed by atoms with Crippen LogP contribution in [0.2, 0.25) is 0 Å². The normalized spacial score (nSPS) is 22.3. The van der Waals surface area contributed by atoms with Gasteiger partial charge in [-0.1, -0.05) is 0 Å². The molecule has 0 aliphatic carbocycles. The number of hydrogen-bond acceptors (Lipinski definition) is 4. The molecule has 3 rings (SSSR count). The summed E-state index contributed by atoms with van der Waals surface area (Å²) in [7, 11) is 1.91. The van der Waals surface area contributed by atoms with Gasteiger partial charge in [0.1, 0.15) is 11.9 Å². The van der Waals surface area contributed by atoms with Crippen molar-refractivity contribution in [2.75, 3.05) is 32.7 Å². The van der Waals surface area contributed by atoms with E-state index in [0.717, 1.165) is 57.7 Å². The Hall–Kier alpha value is -1.40. The summed E-state index contributed by atoms with van der Waals surface area (Å²) in [6.07, 6.45) is 8.46. The molecule has 2 fully saturated rings. The fourth-order valence-electron chi connectivity index (χ4n) is 3.73. The first-order valence-electron chi connectivity index (χ1n) is 8.80. The number of carbonyl (C=O) groups excluding carboxylic acids is 1. The number of aromatic nitrogens is 2. The number of amides is 1. The van der Waals surface area contributed by atoms with Gasteiger partial charge < -0.3 is 14.6 Å². The summed E-state index contributed by atoms with van der Waals surface area (Å²) in [6, 6.07) is 0. The molecule has 2 aliphatic heterocycles. The van der Waals surface area contributed by atoms with Gasteiger partial charge >= 0.3 is 0 Å². The number of aryl methyl sites for hydroxylation is 1. The van der Waals surface area contributed by atoms with Crippen molar-refractivity contribution in [2.24, 2.45) is 13.0 Å². The number of aliphatic hydroxyl groups excluding tert-OH is 1. The van der Waals surface area contributed by atoms with E-state index >= 15 is 0 Å². The number of carbonyl (C=O) groups is 1. The highest BCUT2D eigenvalue weighted by atomic mass is 16.3. The van der Waals surface area contributed by atoms with Crippen molar-refractivity contribution in [1.29, 1.82) is 0 Å². The molecule has 0 radical (unpaired) electrons. The van der Waals surface area contributed by atoms with E-state index in [0.29, 0.717) is 6.54 Å². The van der Waals surface area contributed by atoms with Gasteiger partial charge in [-0.05, 0) is 51.1 Å². The number of piperidine rings is 2. The lowest BCUT2D eigenvalue weighted by atomic mass is 9.90. The second-order valence-corrected chi connectivity index (χ2v) is 6.90. The quantitative estimate of drug-likeness (QED) is 0.905. The van der Waals surface area contributed by atoms with Crippen molar-refractivity contribution in [3.63, 3.8) is 0 Å². The molecule has 1 atom stereocenters. The smallest absolute Gasteiger partial charge is 0.236 e. The zero-order valence-electron chi connectivity index (χ0n) is 14.0. The predicted octanol–water partition coefficient (Wildman–Crippen LogP) is 1.18. The van der Waals surface area contributed by atoms with E-state index in [2.05, 4.69) is 9.88 Å². The average molecular weight is 320 g/mol. The number of hydrogen-bond donors (Lipinski definition) is 1. The standard InChI is InChI=1S/C17H28N4O2/c1-19-12-7-18-17(19)16(23)14-5-10-20(11-6-14)13-15(22)21-8-3-2-4-9-21/h7,12,14,16,23H,2-6,8-11,13H2,1H3. The lowest BCUT2D eigenvalue weighted by Crippen LogP contribution is -2.45. The summed E-state index contributed by atoms with van der Waals surface area (Å²) in [5.41, 5.74) is 0. The van der Waals surface area contributed by atoms with Gasteiger partial charge in [0, 0.05) is 32.5 Å². The Kier molecular flexibility index (Phi) is 5.33. The largest absolute Gasteiger partial charge is 0.385 e. The molecule has 2 saturated heterocycles. The van der Waals surface area contributed by atoms with E-state index in [-0.39, 0.29) is 11.8 Å². The number of aliphatic hydroxyl groups is 1. The molecule has 2 aliphatic rings. The third-order valence-electron chi connectivity index (χ3n) is 5.27. The molecule has 6 nitrogen and oxygen atoms in total. The Balaban J connectivity index is 1.46. The highest BCUT2D eigenvalue weighted by Crippen LogP contribution is 2.29. The zero-order valence-corrected chi connectivity index (χ0v) is 14.0. The molecule has 0 aromatic carbocycles. The summed E-state index contributed by atoms with van der Waals surface area (Å²) >= 11 is 0. The van der Waals surface area contributed by atoms with E-state index in [1.54, 1.807) is 6.20 Å². The number of imidazole rings is 1. The molecular weight excluding hydrogens is 292 g/mol. The van der Waals surface area contributed by atoms with Crippen LogP contribution in [0.3, 0.4) is 0 Å². The van der Waals surface area contributed by atoms with Gasteiger partial charge in [-0.2, -0.15) is 0 Å². The maximum Gasteiger partial charge on any atom is 0.236 e. The first kappa shape index (κ1) is 16.5. The van der Waals surface area contributed by atoms with Gasteiger partial charge in [-0.25, -0.2) is 4.98 Å². The molecule has 1 unspecified atom stereocenters. The predicted molar refractivity (Wildman–Crippen MR) is 87.8 cm³/mol. The Morgan fingerprint density at radius 1 is 1.26 bits per heavy atom. The lowest BCUT2D eigenvalue weighted by molar-refractivity contribution is -0.133. The van der Waals surface area contributed by atoms with E-state index < -0.39 is 6.10 Å². The van der Waals surface area contributed by atoms with Crippen LogP contribution in [0.4, 0.5) is 0 Å². The van der Waals surface area contributed by atoms with Gasteiger partial charge in [-0.3, -0.25) is 9.69 Å². The van der Waals surface area contributed by atoms with Crippen molar-refractivity contribution in [1.82, 2.24) is 19.4 Å². The summed E-state index contributed by atoms with van der Waals surface area (Å²) < 4.78 is 1.89. The third-order valence-corrected chi connectivity index (χ3v) is 5.27. The highest BCUT2D eigenvalue weighted by Gasteiger charge is 2.29. The third kappa shape index (κ3) is 3.93. The molecule has 0 saturated carbocycles. The van der Waals surface area contributed by atoms with Crippen LogP contribution in [-0.2, 0) is 11.8 Å². The zero-order chi connectivity index (χ0) is 16.2. The first-order chi connectivity index (χ1) is 11.1. The fraction of sp³-hybridized carbons (Fsp3) is 0.765. The van der Waals surface area contributed by atoms with Crippen molar-refractivity contribution >= 4 is 5.91 Å². The van der Waals surface area contributed by atoms with Crippen molar-refractivity contribution in [3.05, 3.63) is 18.2 Å². The lowest BCUT2D eigenvalue weighted by Gasteiger charge is -2.35. The minimum atomic E-state index is -0.505. The second kappa shape index (κ2) is 7.45. The maximum atomic E-state index is 12.3. The summed E-state index contributed by atoms with van der Waals surface area (Å²) in [4.78, 5) is 20.8. The van der Waals surface area contributed by atoms with Crippen LogP contribution in [0.25, 0.3) is 0 Å². The van der Waals surface area contributed by atoms with Gasteiger partial charge in [0.05, 0.1) is 6.54 Å². The molecule has 1 aromatic heterocycles. The molecule has 3 heterocycles. The Labute approximate surface area is 138 Å². The Morgan fingerprint density at radius 2 is 1.96 bits per heavy atom. The minimum absolute atomic E-state index is 0.234. The summed E-state index contributed by atoms with van der Waals surface area (Å²) in [5, 5.41) is 10.5. The Bertz CT molecular complexity index is 516. The van der Waals surface area contributed by atoms with Crippen LogP contribution in [0.5, 0.6) is 0 Å². The van der Waals surface area contributed by atoms with Crippen molar-refractivity contribution in [2.45, 2.75) is 38.2 Å². The Morgan fingerprint density at radius 3 is 2.57 bits per heavy atom. The fourth-order valence-corrected chi connectivity index (χ4v) is 3.73. The molecule has 1 aromatic rings. The van der Waals surface area contributed by atoms with Gasteiger partial charge in [0.2, 0.25) is 5.91 Å². The molecule has 0 spiro atoms. The molecule has 128 valence electrons. The molecule has 6 heteroatoms. The highest BCUT2D eigenvalue weighted by molar-refractivity contribution is 5.78. The number of rotatable bonds is 4. The van der Waals surface area contributed by atoms with Crippen molar-refractivity contribution in [3.8, 4) is 0 Å². The minimum Gasteiger partial charge on any atom is -0.385 e. The molecule has 1 N–H and O–H groups in total. The molecular formula is C17H28N4O2. The monoisotopic (exact) mass is 320 g/mol. The van der Waals surface area contributed by atoms with Gasteiger partial charge in [0.25, 0.3) is 0 Å². The summed E-state index contributed by atoms with van der Waals surface area (Å²) in [6.45, 7) is 4.14. The second-order valence-electron chi connectivity index (χ2n) is 6.90.